The SMILES string of the molecule is CCC(CC(N)=S)N1C(=O)C2CCC(C2)C1=O. The minimum atomic E-state index is -0.143. The zero-order valence-corrected chi connectivity index (χ0v) is 10.8. The lowest BCUT2D eigenvalue weighted by Gasteiger charge is -2.35. The molecule has 1 heterocycles. The normalized spacial score (nSPS) is 29.6. The summed E-state index contributed by atoms with van der Waals surface area (Å²) < 4.78 is 0. The summed E-state index contributed by atoms with van der Waals surface area (Å²) in [6.07, 6.45) is 3.62. The Balaban J connectivity index is 2.20. The molecule has 0 aromatic rings. The first kappa shape index (κ1) is 12.5. The molecule has 2 amide bonds. The van der Waals surface area contributed by atoms with Gasteiger partial charge in [0.25, 0.3) is 0 Å². The average molecular weight is 254 g/mol. The summed E-state index contributed by atoms with van der Waals surface area (Å²) in [7, 11) is 0. The number of imide groups is 1. The van der Waals surface area contributed by atoms with Crippen LogP contribution in [-0.4, -0.2) is 27.7 Å². The molecule has 2 rings (SSSR count). The molecule has 5 heteroatoms. The van der Waals surface area contributed by atoms with E-state index in [2.05, 4.69) is 0 Å². The molecule has 3 unspecified atom stereocenters. The fourth-order valence-corrected chi connectivity index (χ4v) is 3.13. The van der Waals surface area contributed by atoms with Gasteiger partial charge in [0.2, 0.25) is 11.8 Å². The van der Waals surface area contributed by atoms with Crippen LogP contribution in [0.25, 0.3) is 0 Å². The van der Waals surface area contributed by atoms with E-state index in [0.717, 1.165) is 19.3 Å². The van der Waals surface area contributed by atoms with E-state index in [1.165, 1.54) is 4.90 Å². The van der Waals surface area contributed by atoms with Gasteiger partial charge in [0.1, 0.15) is 0 Å². The van der Waals surface area contributed by atoms with Crippen LogP contribution >= 0.6 is 12.2 Å². The van der Waals surface area contributed by atoms with Crippen molar-refractivity contribution in [3.05, 3.63) is 0 Å². The molecule has 2 N–H and O–H groups in total. The molecule has 0 aromatic carbocycles. The maximum absolute atomic E-state index is 12.2. The zero-order valence-electron chi connectivity index (χ0n) is 10.0. The zero-order chi connectivity index (χ0) is 12.6. The van der Waals surface area contributed by atoms with E-state index in [0.29, 0.717) is 17.8 Å². The lowest BCUT2D eigenvalue weighted by molar-refractivity contribution is -0.155. The summed E-state index contributed by atoms with van der Waals surface area (Å²) in [5, 5.41) is 0. The van der Waals surface area contributed by atoms with E-state index < -0.39 is 0 Å². The Bertz CT molecular complexity index is 348. The van der Waals surface area contributed by atoms with Crippen molar-refractivity contribution in [2.45, 2.75) is 45.1 Å². The van der Waals surface area contributed by atoms with Gasteiger partial charge >= 0.3 is 0 Å². The molecular formula is C12H18N2O2S. The van der Waals surface area contributed by atoms with Gasteiger partial charge in [-0.1, -0.05) is 19.1 Å². The lowest BCUT2D eigenvalue weighted by atomic mass is 9.94. The minimum Gasteiger partial charge on any atom is -0.393 e. The fourth-order valence-electron chi connectivity index (χ4n) is 2.94. The monoisotopic (exact) mass is 254 g/mol. The third-order valence-electron chi connectivity index (χ3n) is 3.88. The number of rotatable bonds is 4. The summed E-state index contributed by atoms with van der Waals surface area (Å²) in [5.74, 6) is 0.0925. The maximum atomic E-state index is 12.2. The van der Waals surface area contributed by atoms with E-state index in [9.17, 15) is 9.59 Å². The van der Waals surface area contributed by atoms with Gasteiger partial charge in [0.05, 0.1) is 4.99 Å². The van der Waals surface area contributed by atoms with Gasteiger partial charge in [-0.05, 0) is 25.7 Å². The van der Waals surface area contributed by atoms with Crippen LogP contribution in [-0.2, 0) is 9.59 Å². The molecule has 2 bridgehead atoms. The number of piperidine rings is 1. The van der Waals surface area contributed by atoms with Crippen LogP contribution < -0.4 is 5.73 Å². The molecule has 1 saturated carbocycles. The number of thiocarbonyl (C=S) groups is 1. The number of nitrogens with zero attached hydrogens (tertiary/aromatic N) is 1. The van der Waals surface area contributed by atoms with E-state index >= 15 is 0 Å². The van der Waals surface area contributed by atoms with Crippen molar-refractivity contribution in [3.8, 4) is 0 Å². The highest BCUT2D eigenvalue weighted by Crippen LogP contribution is 2.39. The number of carbonyl (C=O) groups excluding carboxylic acids is 2. The number of likely N-dealkylation sites (tertiary alicyclic amines) is 1. The Labute approximate surface area is 107 Å². The third kappa shape index (κ3) is 2.20. The first-order chi connectivity index (χ1) is 8.04. The second kappa shape index (κ2) is 4.72. The van der Waals surface area contributed by atoms with Crippen molar-refractivity contribution in [2.75, 3.05) is 0 Å². The van der Waals surface area contributed by atoms with Crippen LogP contribution in [0, 0.1) is 11.8 Å². The summed E-state index contributed by atoms with van der Waals surface area (Å²) in [5.41, 5.74) is 5.53. The molecule has 1 saturated heterocycles. The summed E-state index contributed by atoms with van der Waals surface area (Å²) in [6.45, 7) is 1.96. The number of carbonyl (C=O) groups is 2. The highest BCUT2D eigenvalue weighted by Gasteiger charge is 2.47. The first-order valence-electron chi connectivity index (χ1n) is 6.19. The molecule has 4 nitrogen and oxygen atoms in total. The van der Waals surface area contributed by atoms with Gasteiger partial charge in [0, 0.05) is 24.3 Å². The van der Waals surface area contributed by atoms with Crippen LogP contribution in [0.2, 0.25) is 0 Å². The van der Waals surface area contributed by atoms with Gasteiger partial charge < -0.3 is 5.73 Å². The summed E-state index contributed by atoms with van der Waals surface area (Å²) in [4.78, 5) is 26.2. The molecule has 1 aliphatic heterocycles. The van der Waals surface area contributed by atoms with Crippen molar-refractivity contribution in [1.82, 2.24) is 4.90 Å². The van der Waals surface area contributed by atoms with Crippen LogP contribution in [0.15, 0.2) is 0 Å². The smallest absolute Gasteiger partial charge is 0.232 e. The Hall–Kier alpha value is -0.970. The average Bonchev–Trinajstić information content (AvgIpc) is 2.71. The molecule has 0 spiro atoms. The van der Waals surface area contributed by atoms with Crippen molar-refractivity contribution in [3.63, 3.8) is 0 Å². The Morgan fingerprint density at radius 1 is 1.41 bits per heavy atom. The molecular weight excluding hydrogens is 236 g/mol. The van der Waals surface area contributed by atoms with Crippen LogP contribution in [0.1, 0.15) is 39.0 Å². The number of nitrogens with two attached hydrogens (primary N) is 1. The topological polar surface area (TPSA) is 63.4 Å². The molecule has 0 radical (unpaired) electrons. The summed E-state index contributed by atoms with van der Waals surface area (Å²) >= 11 is 4.89. The largest absolute Gasteiger partial charge is 0.393 e. The molecule has 1 aliphatic carbocycles. The van der Waals surface area contributed by atoms with Crippen molar-refractivity contribution in [2.24, 2.45) is 17.6 Å². The van der Waals surface area contributed by atoms with E-state index in [1.54, 1.807) is 0 Å². The van der Waals surface area contributed by atoms with E-state index in [4.69, 9.17) is 18.0 Å². The van der Waals surface area contributed by atoms with Gasteiger partial charge in [-0.25, -0.2) is 0 Å². The van der Waals surface area contributed by atoms with Crippen molar-refractivity contribution < 1.29 is 9.59 Å². The van der Waals surface area contributed by atoms with Crippen molar-refractivity contribution >= 4 is 29.0 Å². The minimum absolute atomic E-state index is 0.00755. The van der Waals surface area contributed by atoms with Gasteiger partial charge in [-0.3, -0.25) is 14.5 Å². The molecule has 3 atom stereocenters. The van der Waals surface area contributed by atoms with E-state index in [1.807, 2.05) is 6.92 Å². The van der Waals surface area contributed by atoms with Crippen LogP contribution in [0.5, 0.6) is 0 Å². The third-order valence-corrected chi connectivity index (χ3v) is 4.05. The second-order valence-corrected chi connectivity index (χ2v) is 5.51. The number of fused-ring (bicyclic) bond motifs is 2. The van der Waals surface area contributed by atoms with Crippen LogP contribution in [0.3, 0.4) is 0 Å². The Kier molecular flexibility index (Phi) is 3.47. The maximum Gasteiger partial charge on any atom is 0.232 e. The van der Waals surface area contributed by atoms with Gasteiger partial charge in [0.15, 0.2) is 0 Å². The molecule has 94 valence electrons. The van der Waals surface area contributed by atoms with Gasteiger partial charge in [-0.2, -0.15) is 0 Å². The molecule has 0 aromatic heterocycles. The Morgan fingerprint density at radius 2 is 1.94 bits per heavy atom. The van der Waals surface area contributed by atoms with E-state index in [-0.39, 0.29) is 29.7 Å². The fraction of sp³-hybridized carbons (Fsp3) is 0.750. The predicted octanol–water partition coefficient (Wildman–Crippen LogP) is 1.23. The highest BCUT2D eigenvalue weighted by molar-refractivity contribution is 7.80. The quantitative estimate of drug-likeness (QED) is 0.605. The molecule has 17 heavy (non-hydrogen) atoms. The first-order valence-corrected chi connectivity index (χ1v) is 6.60. The van der Waals surface area contributed by atoms with Gasteiger partial charge in [-0.15, -0.1) is 0 Å². The number of hydrogen-bond donors (Lipinski definition) is 1. The molecule has 2 fully saturated rings. The van der Waals surface area contributed by atoms with Crippen LogP contribution in [0.4, 0.5) is 0 Å². The standard InChI is InChI=1S/C12H18N2O2S/c1-2-9(6-10(13)17)14-11(15)7-3-4-8(5-7)12(14)16/h7-9H,2-6H2,1H3,(H2,13,17). The number of hydrogen-bond acceptors (Lipinski definition) is 3. The highest BCUT2D eigenvalue weighted by atomic mass is 32.1. The lowest BCUT2D eigenvalue weighted by Crippen LogP contribution is -2.52. The number of amides is 2. The second-order valence-electron chi connectivity index (χ2n) is 4.99. The van der Waals surface area contributed by atoms with Crippen molar-refractivity contribution in [1.29, 1.82) is 0 Å². The summed E-state index contributed by atoms with van der Waals surface area (Å²) in [6, 6.07) is -0.143. The predicted molar refractivity (Wildman–Crippen MR) is 68.2 cm³/mol. The Morgan fingerprint density at radius 3 is 2.35 bits per heavy atom. The molecule has 2 aliphatic rings.